The molecule has 5 heteroatoms. The van der Waals surface area contributed by atoms with Crippen molar-refractivity contribution in [2.75, 3.05) is 13.7 Å². The first-order chi connectivity index (χ1) is 9.65. The van der Waals surface area contributed by atoms with Gasteiger partial charge in [0, 0.05) is 11.8 Å². The zero-order chi connectivity index (χ0) is 14.5. The lowest BCUT2D eigenvalue weighted by Gasteiger charge is -2.19. The molecule has 0 saturated carbocycles. The van der Waals surface area contributed by atoms with Gasteiger partial charge in [-0.1, -0.05) is 6.92 Å². The van der Waals surface area contributed by atoms with Crippen LogP contribution in [-0.2, 0) is 0 Å². The molecule has 106 valence electrons. The highest BCUT2D eigenvalue weighted by molar-refractivity contribution is 5.35. The van der Waals surface area contributed by atoms with Crippen LogP contribution < -0.4 is 10.1 Å². The van der Waals surface area contributed by atoms with Gasteiger partial charge in [-0.05, 0) is 36.4 Å². The topological polar surface area (TPSA) is 34.2 Å². The Balaban J connectivity index is 2.46. The van der Waals surface area contributed by atoms with Gasteiger partial charge in [0.25, 0.3) is 0 Å². The summed E-state index contributed by atoms with van der Waals surface area (Å²) in [6, 6.07) is 4.71. The number of methoxy groups -OCH3 is 1. The van der Waals surface area contributed by atoms with E-state index in [0.29, 0.717) is 12.3 Å². The molecule has 1 unspecified atom stereocenters. The number of benzene rings is 1. The molecule has 0 fully saturated rings. The van der Waals surface area contributed by atoms with Crippen molar-refractivity contribution < 1.29 is 13.5 Å². The molecule has 0 bridgehead atoms. The summed E-state index contributed by atoms with van der Waals surface area (Å²) in [5, 5.41) is 3.13. The summed E-state index contributed by atoms with van der Waals surface area (Å²) in [6.07, 6.45) is 3.18. The van der Waals surface area contributed by atoms with Gasteiger partial charge < -0.3 is 10.1 Å². The highest BCUT2D eigenvalue weighted by atomic mass is 19.1. The van der Waals surface area contributed by atoms with E-state index in [1.54, 1.807) is 18.5 Å². The number of nitrogens with zero attached hydrogens (tertiary/aromatic N) is 1. The van der Waals surface area contributed by atoms with E-state index in [4.69, 9.17) is 4.74 Å². The van der Waals surface area contributed by atoms with Crippen LogP contribution >= 0.6 is 0 Å². The first kappa shape index (κ1) is 14.4. The number of hydrogen-bond acceptors (Lipinski definition) is 3. The minimum Gasteiger partial charge on any atom is -0.495 e. The third kappa shape index (κ3) is 3.11. The third-order valence-electron chi connectivity index (χ3n) is 2.98. The molecule has 0 radical (unpaired) electrons. The van der Waals surface area contributed by atoms with Gasteiger partial charge in [-0.25, -0.2) is 8.78 Å². The summed E-state index contributed by atoms with van der Waals surface area (Å²) >= 11 is 0. The second kappa shape index (κ2) is 6.43. The van der Waals surface area contributed by atoms with Crippen molar-refractivity contribution in [2.24, 2.45) is 0 Å². The Morgan fingerprint density at radius 2 is 2.05 bits per heavy atom. The van der Waals surface area contributed by atoms with Gasteiger partial charge in [0.05, 0.1) is 19.3 Å². The molecule has 0 aliphatic heterocycles. The van der Waals surface area contributed by atoms with Crippen LogP contribution in [0.5, 0.6) is 5.75 Å². The normalized spacial score (nSPS) is 12.2. The number of ether oxygens (including phenoxy) is 1. The van der Waals surface area contributed by atoms with E-state index in [2.05, 4.69) is 10.3 Å². The fraction of sp³-hybridized carbons (Fsp3) is 0.267. The molecule has 2 aromatic rings. The van der Waals surface area contributed by atoms with Gasteiger partial charge in [-0.15, -0.1) is 0 Å². The van der Waals surface area contributed by atoms with Gasteiger partial charge in [-0.2, -0.15) is 0 Å². The van der Waals surface area contributed by atoms with Crippen LogP contribution in [0.25, 0.3) is 0 Å². The quantitative estimate of drug-likeness (QED) is 0.912. The van der Waals surface area contributed by atoms with Crippen LogP contribution in [0.3, 0.4) is 0 Å². The summed E-state index contributed by atoms with van der Waals surface area (Å²) in [5.41, 5.74) is 0.970. The third-order valence-corrected chi connectivity index (χ3v) is 2.98. The fourth-order valence-electron chi connectivity index (χ4n) is 2.05. The lowest BCUT2D eigenvalue weighted by Crippen LogP contribution is -2.23. The van der Waals surface area contributed by atoms with Gasteiger partial charge >= 0.3 is 0 Å². The highest BCUT2D eigenvalue weighted by Crippen LogP contribution is 2.26. The molecule has 3 nitrogen and oxygen atoms in total. The number of halogens is 2. The average Bonchev–Trinajstić information content (AvgIpc) is 2.47. The Morgan fingerprint density at radius 1 is 1.25 bits per heavy atom. The summed E-state index contributed by atoms with van der Waals surface area (Å²) in [5.74, 6) is -0.359. The maximum Gasteiger partial charge on any atom is 0.137 e. The number of nitrogens with one attached hydrogen (secondary N) is 1. The predicted molar refractivity (Wildman–Crippen MR) is 72.7 cm³/mol. The van der Waals surface area contributed by atoms with E-state index in [0.717, 1.165) is 17.7 Å². The Kier molecular flexibility index (Phi) is 4.63. The Labute approximate surface area is 116 Å². The van der Waals surface area contributed by atoms with E-state index in [1.807, 2.05) is 6.92 Å². The van der Waals surface area contributed by atoms with Gasteiger partial charge in [-0.3, -0.25) is 4.98 Å². The number of aromatic nitrogens is 1. The molecular formula is C15H16F2N2O. The standard InChI is InChI=1S/C15H16F2N2O/c1-3-19-15(10-6-12(20-2)9-18-8-10)13-7-11(16)4-5-14(13)17/h4-9,15,19H,3H2,1-2H3. The van der Waals surface area contributed by atoms with E-state index in [9.17, 15) is 8.78 Å². The van der Waals surface area contributed by atoms with E-state index in [-0.39, 0.29) is 5.56 Å². The van der Waals surface area contributed by atoms with Crippen LogP contribution in [0.1, 0.15) is 24.1 Å². The van der Waals surface area contributed by atoms with Crippen molar-refractivity contribution in [3.05, 3.63) is 59.4 Å². The van der Waals surface area contributed by atoms with Gasteiger partial charge in [0.15, 0.2) is 0 Å². The molecule has 0 aliphatic rings. The molecule has 0 spiro atoms. The van der Waals surface area contributed by atoms with Crippen molar-refractivity contribution in [1.29, 1.82) is 0 Å². The van der Waals surface area contributed by atoms with Crippen molar-refractivity contribution in [2.45, 2.75) is 13.0 Å². The molecule has 0 aliphatic carbocycles. The zero-order valence-corrected chi connectivity index (χ0v) is 11.4. The Morgan fingerprint density at radius 3 is 2.75 bits per heavy atom. The lowest BCUT2D eigenvalue weighted by molar-refractivity contribution is 0.411. The molecular weight excluding hydrogens is 262 g/mol. The van der Waals surface area contributed by atoms with E-state index < -0.39 is 17.7 Å². The van der Waals surface area contributed by atoms with Crippen molar-refractivity contribution >= 4 is 0 Å². The van der Waals surface area contributed by atoms with Crippen LogP contribution in [-0.4, -0.2) is 18.6 Å². The molecule has 2 rings (SSSR count). The zero-order valence-electron chi connectivity index (χ0n) is 11.4. The van der Waals surface area contributed by atoms with E-state index in [1.165, 1.54) is 13.2 Å². The molecule has 1 N–H and O–H groups in total. The Bertz CT molecular complexity index is 590. The first-order valence-corrected chi connectivity index (χ1v) is 6.33. The maximum atomic E-state index is 14.0. The van der Waals surface area contributed by atoms with Gasteiger partial charge in [0.2, 0.25) is 0 Å². The molecule has 1 atom stereocenters. The van der Waals surface area contributed by atoms with Crippen LogP contribution in [0.2, 0.25) is 0 Å². The second-order valence-corrected chi connectivity index (χ2v) is 4.31. The number of hydrogen-bond donors (Lipinski definition) is 1. The average molecular weight is 278 g/mol. The summed E-state index contributed by atoms with van der Waals surface area (Å²) in [4.78, 5) is 4.06. The molecule has 0 amide bonds. The number of pyridine rings is 1. The van der Waals surface area contributed by atoms with Crippen LogP contribution in [0, 0.1) is 11.6 Å². The van der Waals surface area contributed by atoms with E-state index >= 15 is 0 Å². The fourth-order valence-corrected chi connectivity index (χ4v) is 2.05. The molecule has 1 aromatic carbocycles. The lowest BCUT2D eigenvalue weighted by atomic mass is 9.99. The van der Waals surface area contributed by atoms with Crippen molar-refractivity contribution in [3.8, 4) is 5.75 Å². The molecule has 1 heterocycles. The smallest absolute Gasteiger partial charge is 0.137 e. The SMILES string of the molecule is CCNC(c1cncc(OC)c1)c1cc(F)ccc1F. The van der Waals surface area contributed by atoms with Gasteiger partial charge in [0.1, 0.15) is 17.4 Å². The molecule has 0 saturated heterocycles. The molecule has 1 aromatic heterocycles. The monoisotopic (exact) mass is 278 g/mol. The van der Waals surface area contributed by atoms with Crippen molar-refractivity contribution in [3.63, 3.8) is 0 Å². The summed E-state index contributed by atoms with van der Waals surface area (Å²) < 4.78 is 32.4. The Hall–Kier alpha value is -2.01. The maximum absolute atomic E-state index is 14.0. The minimum atomic E-state index is -0.474. The van der Waals surface area contributed by atoms with Crippen LogP contribution in [0.4, 0.5) is 8.78 Å². The summed E-state index contributed by atoms with van der Waals surface area (Å²) in [6.45, 7) is 2.51. The first-order valence-electron chi connectivity index (χ1n) is 6.33. The minimum absolute atomic E-state index is 0.252. The number of rotatable bonds is 5. The predicted octanol–water partition coefficient (Wildman–Crippen LogP) is 3.07. The highest BCUT2D eigenvalue weighted by Gasteiger charge is 2.18. The molecule has 20 heavy (non-hydrogen) atoms. The van der Waals surface area contributed by atoms with Crippen LogP contribution in [0.15, 0.2) is 36.7 Å². The van der Waals surface area contributed by atoms with Crippen molar-refractivity contribution in [1.82, 2.24) is 10.3 Å². The summed E-state index contributed by atoms with van der Waals surface area (Å²) in [7, 11) is 1.53. The largest absolute Gasteiger partial charge is 0.495 e. The second-order valence-electron chi connectivity index (χ2n) is 4.31.